The Morgan fingerprint density at radius 2 is 2.00 bits per heavy atom. The van der Waals surface area contributed by atoms with Crippen LogP contribution in [0.2, 0.25) is 0 Å². The third-order valence-electron chi connectivity index (χ3n) is 9.45. The average Bonchev–Trinajstić information content (AvgIpc) is 3.38. The van der Waals surface area contributed by atoms with Crippen LogP contribution in [-0.2, 0) is 13.0 Å². The van der Waals surface area contributed by atoms with Crippen molar-refractivity contribution in [2.75, 3.05) is 63.3 Å². The third-order valence-corrected chi connectivity index (χ3v) is 9.45. The van der Waals surface area contributed by atoms with Gasteiger partial charge in [0.1, 0.15) is 12.4 Å². The highest BCUT2D eigenvalue weighted by atomic mass is 19.1. The van der Waals surface area contributed by atoms with Crippen molar-refractivity contribution in [2.45, 2.75) is 64.6 Å². The highest BCUT2D eigenvalue weighted by Crippen LogP contribution is 2.43. The fourth-order valence-corrected chi connectivity index (χ4v) is 6.79. The molecule has 43 heavy (non-hydrogen) atoms. The van der Waals surface area contributed by atoms with Crippen LogP contribution in [0.15, 0.2) is 18.2 Å². The molecule has 1 aromatic heterocycles. The van der Waals surface area contributed by atoms with Gasteiger partial charge >= 0.3 is 12.1 Å². The first kappa shape index (κ1) is 30.6. The molecule has 3 aliphatic rings. The minimum absolute atomic E-state index is 0.0527. The standard InChI is InChI=1S/C31H42FN7O4/c1-30(2,3)31(12-13-33)20-38(16-17-39(31)29(40)41)27-22-11-15-37(25-10-6-9-23(32)26(25)42-5)18-24(22)34-28(35-27)43-19-21-8-7-14-36(21)4/h6,9-10,21H,7-8,11-12,14-20H2,1-5H3,(H,40,41)/t21-,31?/m0/s1. The number of fused-ring (bicyclic) bond motifs is 1. The molecule has 3 aliphatic heterocycles. The summed E-state index contributed by atoms with van der Waals surface area (Å²) in [6.45, 7) is 9.40. The molecule has 11 nitrogen and oxygen atoms in total. The van der Waals surface area contributed by atoms with Crippen LogP contribution in [0, 0.1) is 22.6 Å². The van der Waals surface area contributed by atoms with Crippen LogP contribution in [0.1, 0.15) is 51.3 Å². The number of likely N-dealkylation sites (N-methyl/N-ethyl adjacent to an activating group) is 1. The molecular formula is C31H42FN7O4. The lowest BCUT2D eigenvalue weighted by atomic mass is 9.69. The van der Waals surface area contributed by atoms with E-state index >= 15 is 0 Å². The summed E-state index contributed by atoms with van der Waals surface area (Å²) in [7, 11) is 3.55. The van der Waals surface area contributed by atoms with Crippen LogP contribution in [0.3, 0.4) is 0 Å². The zero-order valence-electron chi connectivity index (χ0n) is 25.8. The lowest BCUT2D eigenvalue weighted by Gasteiger charge is -2.55. The second kappa shape index (κ2) is 12.0. The van der Waals surface area contributed by atoms with Crippen molar-refractivity contribution in [1.82, 2.24) is 19.8 Å². The van der Waals surface area contributed by atoms with Crippen molar-refractivity contribution in [3.05, 3.63) is 35.3 Å². The number of benzene rings is 1. The van der Waals surface area contributed by atoms with E-state index in [1.54, 1.807) is 6.07 Å². The van der Waals surface area contributed by atoms with E-state index in [0.717, 1.165) is 30.6 Å². The summed E-state index contributed by atoms with van der Waals surface area (Å²) in [5, 5.41) is 20.0. The lowest BCUT2D eigenvalue weighted by molar-refractivity contribution is -0.00290. The Bertz CT molecular complexity index is 1390. The number of aromatic nitrogens is 2. The topological polar surface area (TPSA) is 118 Å². The van der Waals surface area contributed by atoms with Gasteiger partial charge in [-0.1, -0.05) is 26.8 Å². The molecule has 5 rings (SSSR count). The summed E-state index contributed by atoms with van der Waals surface area (Å²) in [6.07, 6.45) is 1.78. The van der Waals surface area contributed by atoms with E-state index in [1.807, 2.05) is 31.7 Å². The lowest BCUT2D eigenvalue weighted by Crippen LogP contribution is -2.69. The van der Waals surface area contributed by atoms with Gasteiger partial charge in [-0.3, -0.25) is 4.90 Å². The van der Waals surface area contributed by atoms with Gasteiger partial charge in [0.15, 0.2) is 11.6 Å². The van der Waals surface area contributed by atoms with Gasteiger partial charge in [-0.2, -0.15) is 15.2 Å². The molecule has 232 valence electrons. The molecule has 2 fully saturated rings. The number of nitriles is 1. The molecule has 2 saturated heterocycles. The Morgan fingerprint density at radius 1 is 1.21 bits per heavy atom. The van der Waals surface area contributed by atoms with Gasteiger partial charge in [0, 0.05) is 37.8 Å². The van der Waals surface area contributed by atoms with Crippen molar-refractivity contribution in [3.8, 4) is 17.8 Å². The van der Waals surface area contributed by atoms with E-state index in [0.29, 0.717) is 50.7 Å². The number of carboxylic acid groups (broad SMARTS) is 1. The number of likely N-dealkylation sites (tertiary alicyclic amines) is 1. The van der Waals surface area contributed by atoms with E-state index in [-0.39, 0.29) is 30.8 Å². The Kier molecular flexibility index (Phi) is 8.56. The van der Waals surface area contributed by atoms with E-state index in [2.05, 4.69) is 22.9 Å². The Balaban J connectivity index is 1.54. The zero-order chi connectivity index (χ0) is 30.9. The van der Waals surface area contributed by atoms with Crippen LogP contribution in [0.4, 0.5) is 20.7 Å². The number of para-hydroxylation sites is 1. The maximum absolute atomic E-state index is 14.6. The van der Waals surface area contributed by atoms with Crippen LogP contribution >= 0.6 is 0 Å². The largest absolute Gasteiger partial charge is 0.492 e. The second-order valence-electron chi connectivity index (χ2n) is 12.8. The van der Waals surface area contributed by atoms with Crippen molar-refractivity contribution >= 4 is 17.6 Å². The Labute approximate surface area is 252 Å². The van der Waals surface area contributed by atoms with E-state index in [9.17, 15) is 19.6 Å². The molecule has 12 heteroatoms. The molecule has 0 spiro atoms. The molecule has 4 heterocycles. The molecule has 1 unspecified atom stereocenters. The highest BCUT2D eigenvalue weighted by molar-refractivity contribution is 5.68. The van der Waals surface area contributed by atoms with Crippen LogP contribution in [0.25, 0.3) is 0 Å². The van der Waals surface area contributed by atoms with Crippen molar-refractivity contribution in [2.24, 2.45) is 5.41 Å². The van der Waals surface area contributed by atoms with Crippen LogP contribution < -0.4 is 19.3 Å². The molecule has 2 aromatic rings. The Morgan fingerprint density at radius 3 is 2.65 bits per heavy atom. The minimum Gasteiger partial charge on any atom is -0.492 e. The second-order valence-corrected chi connectivity index (χ2v) is 12.8. The fraction of sp³-hybridized carbons (Fsp3) is 0.613. The van der Waals surface area contributed by atoms with Gasteiger partial charge < -0.3 is 29.3 Å². The average molecular weight is 596 g/mol. The van der Waals surface area contributed by atoms with Crippen molar-refractivity contribution in [1.29, 1.82) is 5.26 Å². The predicted molar refractivity (Wildman–Crippen MR) is 160 cm³/mol. The first-order valence-corrected chi connectivity index (χ1v) is 14.9. The molecule has 0 bridgehead atoms. The first-order chi connectivity index (χ1) is 20.5. The van der Waals surface area contributed by atoms with Crippen LogP contribution in [0.5, 0.6) is 11.8 Å². The highest BCUT2D eigenvalue weighted by Gasteiger charge is 2.52. The fourth-order valence-electron chi connectivity index (χ4n) is 6.79. The number of carbonyl (C=O) groups is 1. The summed E-state index contributed by atoms with van der Waals surface area (Å²) < 4.78 is 26.2. The Hall–Kier alpha value is -3.85. The monoisotopic (exact) mass is 595 g/mol. The molecule has 0 radical (unpaired) electrons. The SMILES string of the molecule is COc1c(F)cccc1N1CCc2c(nc(OC[C@@H]3CCCN3C)nc2N2CCN(C(=O)O)C(CC#N)(C(C)(C)C)C2)C1. The van der Waals surface area contributed by atoms with Crippen molar-refractivity contribution in [3.63, 3.8) is 0 Å². The molecule has 2 atom stereocenters. The maximum Gasteiger partial charge on any atom is 0.407 e. The molecule has 1 amide bonds. The number of amides is 1. The maximum atomic E-state index is 14.6. The van der Waals surface area contributed by atoms with Gasteiger partial charge in [0.05, 0.1) is 43.1 Å². The van der Waals surface area contributed by atoms with Crippen LogP contribution in [-0.4, -0.2) is 96.0 Å². The summed E-state index contributed by atoms with van der Waals surface area (Å²) in [5.74, 6) is 0.477. The summed E-state index contributed by atoms with van der Waals surface area (Å²) >= 11 is 0. The number of methoxy groups -OCH3 is 1. The van der Waals surface area contributed by atoms with E-state index < -0.39 is 22.9 Å². The summed E-state index contributed by atoms with van der Waals surface area (Å²) in [6, 6.07) is 7.70. The molecule has 0 saturated carbocycles. The van der Waals surface area contributed by atoms with Crippen molar-refractivity contribution < 1.29 is 23.8 Å². The van der Waals surface area contributed by atoms with E-state index in [4.69, 9.17) is 19.4 Å². The molecule has 0 aliphatic carbocycles. The molecule has 1 aromatic carbocycles. The summed E-state index contributed by atoms with van der Waals surface area (Å²) in [4.78, 5) is 30.1. The minimum atomic E-state index is -1.03. The summed E-state index contributed by atoms with van der Waals surface area (Å²) in [5.41, 5.74) is 0.913. The number of hydrogen-bond acceptors (Lipinski definition) is 9. The number of rotatable bonds is 7. The van der Waals surface area contributed by atoms with Gasteiger partial charge in [0.25, 0.3) is 0 Å². The van der Waals surface area contributed by atoms with E-state index in [1.165, 1.54) is 18.1 Å². The number of ether oxygens (including phenoxy) is 2. The number of nitrogens with zero attached hydrogens (tertiary/aromatic N) is 7. The van der Waals surface area contributed by atoms with Gasteiger partial charge in [0.2, 0.25) is 0 Å². The number of hydrogen-bond donors (Lipinski definition) is 1. The number of piperazine rings is 1. The predicted octanol–water partition coefficient (Wildman–Crippen LogP) is 4.16. The molecular weight excluding hydrogens is 553 g/mol. The zero-order valence-corrected chi connectivity index (χ0v) is 25.8. The molecule has 1 N–H and O–H groups in total. The number of halogens is 1. The smallest absolute Gasteiger partial charge is 0.407 e. The quantitative estimate of drug-likeness (QED) is 0.500. The number of anilines is 2. The van der Waals surface area contributed by atoms with Gasteiger partial charge in [-0.15, -0.1) is 0 Å². The van der Waals surface area contributed by atoms with Gasteiger partial charge in [-0.05, 0) is 50.4 Å². The van der Waals surface area contributed by atoms with Gasteiger partial charge in [-0.25, -0.2) is 9.18 Å². The third kappa shape index (κ3) is 5.75. The normalized spacial score (nSPS) is 22.7. The first-order valence-electron chi connectivity index (χ1n) is 14.9.